The van der Waals surface area contributed by atoms with Crippen LogP contribution in [-0.2, 0) is 26.2 Å². The minimum absolute atomic E-state index is 0. The Balaban J connectivity index is 0.00000578. The molecule has 0 radical (unpaired) electrons. The lowest BCUT2D eigenvalue weighted by atomic mass is 9.91. The Labute approximate surface area is 208 Å². The van der Waals surface area contributed by atoms with Gasteiger partial charge in [0.05, 0.1) is 18.3 Å². The number of rotatable bonds is 12. The number of aryl methyl sites for hydroxylation is 1. The highest BCUT2D eigenvalue weighted by Crippen LogP contribution is 2.47. The molecular weight excluding hydrogens is 517 g/mol. The fourth-order valence-electron chi connectivity index (χ4n) is 3.17. The Bertz CT molecular complexity index is 955. The fraction of sp³-hybridized carbons (Fsp3) is 0.455. The Hall–Kier alpha value is -1.32. The Morgan fingerprint density at radius 1 is 1.03 bits per heavy atom. The number of hydrogen-bond acceptors (Lipinski definition) is 6. The molecule has 0 amide bonds. The van der Waals surface area contributed by atoms with Crippen molar-refractivity contribution in [3.63, 3.8) is 0 Å². The minimum Gasteiger partial charge on any atom is -0.457 e. The van der Waals surface area contributed by atoms with Crippen LogP contribution in [-0.4, -0.2) is 37.6 Å². The fourth-order valence-corrected chi connectivity index (χ4v) is 4.67. The van der Waals surface area contributed by atoms with Crippen LogP contribution in [0.4, 0.5) is 13.2 Å². The van der Waals surface area contributed by atoms with Gasteiger partial charge in [-0.15, -0.1) is 12.4 Å². The van der Waals surface area contributed by atoms with Crippen molar-refractivity contribution in [3.05, 3.63) is 58.6 Å². The number of hydrogen-bond donors (Lipinski definition) is 2. The number of aliphatic hydroxyl groups excluding tert-OH is 1. The summed E-state index contributed by atoms with van der Waals surface area (Å²) < 4.78 is 65.6. The highest BCUT2D eigenvalue weighted by molar-refractivity contribution is 7.53. The first-order valence-electron chi connectivity index (χ1n) is 10.2. The summed E-state index contributed by atoms with van der Waals surface area (Å²) in [6, 6.07) is 9.41. The van der Waals surface area contributed by atoms with E-state index in [4.69, 9.17) is 31.1 Å². The van der Waals surface area contributed by atoms with Crippen LogP contribution in [0.15, 0.2) is 42.5 Å². The van der Waals surface area contributed by atoms with Crippen molar-refractivity contribution in [2.75, 3.05) is 27.0 Å². The summed E-state index contributed by atoms with van der Waals surface area (Å²) in [5.41, 5.74) is 5.39. The molecule has 0 heterocycles. The molecule has 0 saturated carbocycles. The van der Waals surface area contributed by atoms with Crippen LogP contribution in [0.25, 0.3) is 0 Å². The predicted molar refractivity (Wildman–Crippen MR) is 128 cm³/mol. The molecule has 192 valence electrons. The SMILES string of the molecule is COP(=O)(CCC(N)(CO)CCCc1ccc(Oc2ccc(C(F)(F)F)cc2)cc1Cl)OC.Cl. The first-order chi connectivity index (χ1) is 15.4. The van der Waals surface area contributed by atoms with E-state index in [1.807, 2.05) is 0 Å². The Morgan fingerprint density at radius 2 is 1.62 bits per heavy atom. The number of benzene rings is 2. The van der Waals surface area contributed by atoms with Crippen molar-refractivity contribution < 1.29 is 36.6 Å². The highest BCUT2D eigenvalue weighted by atomic mass is 35.5. The van der Waals surface area contributed by atoms with E-state index in [9.17, 15) is 22.8 Å². The van der Waals surface area contributed by atoms with Crippen molar-refractivity contribution in [3.8, 4) is 11.5 Å². The Kier molecular flexibility index (Phi) is 11.8. The molecule has 34 heavy (non-hydrogen) atoms. The molecular formula is C22H29Cl2F3NO5P. The minimum atomic E-state index is -4.41. The van der Waals surface area contributed by atoms with E-state index >= 15 is 0 Å². The van der Waals surface area contributed by atoms with E-state index in [1.165, 1.54) is 26.4 Å². The second-order valence-electron chi connectivity index (χ2n) is 7.70. The quantitative estimate of drug-likeness (QED) is 0.297. The van der Waals surface area contributed by atoms with Crippen LogP contribution in [0.1, 0.15) is 30.4 Å². The molecule has 3 N–H and O–H groups in total. The van der Waals surface area contributed by atoms with Gasteiger partial charge in [-0.2, -0.15) is 13.2 Å². The third-order valence-electron chi connectivity index (χ3n) is 5.32. The molecule has 6 nitrogen and oxygen atoms in total. The maximum atomic E-state index is 12.7. The lowest BCUT2D eigenvalue weighted by Crippen LogP contribution is -2.44. The van der Waals surface area contributed by atoms with Gasteiger partial charge in [0, 0.05) is 24.8 Å². The van der Waals surface area contributed by atoms with Crippen molar-refractivity contribution in [1.29, 1.82) is 0 Å². The molecule has 0 saturated heterocycles. The zero-order valence-electron chi connectivity index (χ0n) is 18.8. The molecule has 2 rings (SSSR count). The summed E-state index contributed by atoms with van der Waals surface area (Å²) in [5.74, 6) is 0.647. The van der Waals surface area contributed by atoms with Crippen LogP contribution in [0.3, 0.4) is 0 Å². The number of halogens is 5. The molecule has 0 aliphatic heterocycles. The normalized spacial score (nSPS) is 13.8. The van der Waals surface area contributed by atoms with Gasteiger partial charge in [-0.05, 0) is 67.6 Å². The zero-order valence-corrected chi connectivity index (χ0v) is 21.3. The topological polar surface area (TPSA) is 91.0 Å². The molecule has 0 aliphatic carbocycles. The second kappa shape index (κ2) is 13.1. The van der Waals surface area contributed by atoms with Gasteiger partial charge in [0.25, 0.3) is 0 Å². The number of ether oxygens (including phenoxy) is 1. The van der Waals surface area contributed by atoms with Crippen molar-refractivity contribution >= 4 is 31.6 Å². The third-order valence-corrected chi connectivity index (χ3v) is 7.55. The van der Waals surface area contributed by atoms with E-state index in [1.54, 1.807) is 18.2 Å². The van der Waals surface area contributed by atoms with Gasteiger partial charge in [-0.3, -0.25) is 4.57 Å². The highest BCUT2D eigenvalue weighted by Gasteiger charge is 2.31. The van der Waals surface area contributed by atoms with E-state index in [0.29, 0.717) is 30.0 Å². The maximum Gasteiger partial charge on any atom is 0.416 e. The summed E-state index contributed by atoms with van der Waals surface area (Å²) in [4.78, 5) is 0. The standard InChI is InChI=1S/C22H28ClF3NO5P.ClH/c1-30-33(29,31-2)13-12-21(27,15-28)11-3-4-16-5-8-19(14-20(16)23)32-18-9-6-17(7-10-18)22(24,25)26;/h5-10,14,28H,3-4,11-13,15,27H2,1-2H3;1H. The maximum absolute atomic E-state index is 12.7. The summed E-state index contributed by atoms with van der Waals surface area (Å²) in [7, 11) is -0.616. The van der Waals surface area contributed by atoms with E-state index < -0.39 is 24.9 Å². The molecule has 2 aromatic rings. The molecule has 12 heteroatoms. The molecule has 2 aromatic carbocycles. The van der Waals surface area contributed by atoms with Crippen molar-refractivity contribution in [1.82, 2.24) is 0 Å². The summed E-state index contributed by atoms with van der Waals surface area (Å²) >= 11 is 6.34. The smallest absolute Gasteiger partial charge is 0.416 e. The molecule has 0 spiro atoms. The number of aliphatic hydroxyl groups is 1. The zero-order chi connectivity index (χ0) is 24.7. The molecule has 1 atom stereocenters. The monoisotopic (exact) mass is 545 g/mol. The number of nitrogens with two attached hydrogens (primary N) is 1. The third kappa shape index (κ3) is 9.04. The average molecular weight is 546 g/mol. The second-order valence-corrected chi connectivity index (χ2v) is 10.5. The van der Waals surface area contributed by atoms with Gasteiger partial charge in [-0.1, -0.05) is 17.7 Å². The van der Waals surface area contributed by atoms with Gasteiger partial charge < -0.3 is 24.6 Å². The van der Waals surface area contributed by atoms with Crippen LogP contribution in [0, 0.1) is 0 Å². The van der Waals surface area contributed by atoms with Crippen molar-refractivity contribution in [2.24, 2.45) is 5.73 Å². The summed E-state index contributed by atoms with van der Waals surface area (Å²) in [6.07, 6.45) is -2.42. The molecule has 0 fully saturated rings. The largest absolute Gasteiger partial charge is 0.457 e. The predicted octanol–water partition coefficient (Wildman–Crippen LogP) is 6.46. The molecule has 0 bridgehead atoms. The Morgan fingerprint density at radius 3 is 2.12 bits per heavy atom. The van der Waals surface area contributed by atoms with Gasteiger partial charge in [-0.25, -0.2) is 0 Å². The lowest BCUT2D eigenvalue weighted by molar-refractivity contribution is -0.137. The van der Waals surface area contributed by atoms with E-state index in [-0.39, 0.29) is 37.3 Å². The van der Waals surface area contributed by atoms with Gasteiger partial charge in [0.2, 0.25) is 0 Å². The van der Waals surface area contributed by atoms with E-state index in [0.717, 1.165) is 17.7 Å². The first kappa shape index (κ1) is 30.7. The van der Waals surface area contributed by atoms with Crippen LogP contribution >= 0.6 is 31.6 Å². The summed E-state index contributed by atoms with van der Waals surface area (Å²) in [5, 5.41) is 10.2. The number of alkyl halides is 3. The van der Waals surface area contributed by atoms with Gasteiger partial charge in [0.1, 0.15) is 11.5 Å². The van der Waals surface area contributed by atoms with Crippen LogP contribution < -0.4 is 10.5 Å². The van der Waals surface area contributed by atoms with Crippen LogP contribution in [0.2, 0.25) is 5.02 Å². The van der Waals surface area contributed by atoms with E-state index in [2.05, 4.69) is 0 Å². The molecule has 0 aliphatic rings. The average Bonchev–Trinajstić information content (AvgIpc) is 2.79. The molecule has 1 unspecified atom stereocenters. The first-order valence-corrected chi connectivity index (χ1v) is 12.3. The van der Waals surface area contributed by atoms with Crippen molar-refractivity contribution in [2.45, 2.75) is 37.4 Å². The van der Waals surface area contributed by atoms with Crippen LogP contribution in [0.5, 0.6) is 11.5 Å². The lowest BCUT2D eigenvalue weighted by Gasteiger charge is -2.28. The summed E-state index contributed by atoms with van der Waals surface area (Å²) in [6.45, 7) is -0.284. The molecule has 0 aromatic heterocycles. The van der Waals surface area contributed by atoms with Gasteiger partial charge in [0.15, 0.2) is 0 Å². The van der Waals surface area contributed by atoms with Gasteiger partial charge >= 0.3 is 13.8 Å².